The first kappa shape index (κ1) is 18.5. The minimum absolute atomic E-state index is 0.224. The Morgan fingerprint density at radius 3 is 2.86 bits per heavy atom. The number of rotatable bonds is 5. The van der Waals surface area contributed by atoms with Gasteiger partial charge in [-0.3, -0.25) is 4.90 Å². The maximum Gasteiger partial charge on any atom is 0.231 e. The van der Waals surface area contributed by atoms with Crippen LogP contribution in [0, 0.1) is 0 Å². The summed E-state index contributed by atoms with van der Waals surface area (Å²) in [6, 6.07) is 11.6. The number of fused-ring (bicyclic) bond motifs is 1. The van der Waals surface area contributed by atoms with E-state index in [0.717, 1.165) is 49.1 Å². The topological polar surface area (TPSA) is 74.3 Å². The highest BCUT2D eigenvalue weighted by Gasteiger charge is 2.21. The molecule has 0 radical (unpaired) electrons. The first-order valence-electron chi connectivity index (χ1n) is 9.12. The van der Waals surface area contributed by atoms with Gasteiger partial charge in [0, 0.05) is 39.3 Å². The van der Waals surface area contributed by atoms with Crippen molar-refractivity contribution in [3.05, 3.63) is 42.1 Å². The van der Waals surface area contributed by atoms with Crippen molar-refractivity contribution in [1.29, 1.82) is 0 Å². The van der Waals surface area contributed by atoms with Crippen LogP contribution in [0.5, 0.6) is 11.5 Å². The van der Waals surface area contributed by atoms with Crippen LogP contribution in [0.1, 0.15) is 5.69 Å². The number of nitrogens with one attached hydrogen (secondary N) is 2. The predicted octanol–water partition coefficient (Wildman–Crippen LogP) is 1.56. The highest BCUT2D eigenvalue weighted by Crippen LogP contribution is 2.35. The van der Waals surface area contributed by atoms with Crippen LogP contribution in [-0.4, -0.2) is 56.3 Å². The molecule has 146 valence electrons. The van der Waals surface area contributed by atoms with Crippen molar-refractivity contribution in [2.75, 3.05) is 49.8 Å². The Hall–Kier alpha value is -2.91. The van der Waals surface area contributed by atoms with Crippen LogP contribution in [0.15, 0.2) is 41.5 Å². The highest BCUT2D eigenvalue weighted by molar-refractivity contribution is 7.79. The van der Waals surface area contributed by atoms with E-state index in [2.05, 4.69) is 20.7 Å². The second-order valence-electron chi connectivity index (χ2n) is 6.29. The van der Waals surface area contributed by atoms with Gasteiger partial charge in [-0.25, -0.2) is 4.98 Å². The first-order valence-corrected chi connectivity index (χ1v) is 9.59. The molecular formula is C19H22N6O2S. The normalized spacial score (nSPS) is 16.0. The number of nitrogens with zero attached hydrogens (tertiary/aromatic N) is 4. The summed E-state index contributed by atoms with van der Waals surface area (Å²) in [5.74, 6) is 2.94. The molecule has 2 N–H and O–H groups in total. The molecule has 1 saturated heterocycles. The lowest BCUT2D eigenvalue weighted by Gasteiger charge is -2.29. The number of aromatic nitrogens is 1. The molecule has 0 saturated carbocycles. The minimum Gasteiger partial charge on any atom is -0.454 e. The number of amidine groups is 1. The Morgan fingerprint density at radius 1 is 1.25 bits per heavy atom. The van der Waals surface area contributed by atoms with Crippen LogP contribution >= 0.6 is 12.2 Å². The average molecular weight is 398 g/mol. The fourth-order valence-electron chi connectivity index (χ4n) is 3.23. The molecule has 1 fully saturated rings. The number of ether oxygens (including phenoxy) is 2. The Labute approximate surface area is 169 Å². The Balaban J connectivity index is 1.68. The summed E-state index contributed by atoms with van der Waals surface area (Å²) in [7, 11) is 1.75. The van der Waals surface area contributed by atoms with Crippen LogP contribution < -0.4 is 30.0 Å². The molecule has 28 heavy (non-hydrogen) atoms. The number of hydrogen-bond donors (Lipinski definition) is 2. The van der Waals surface area contributed by atoms with E-state index in [4.69, 9.17) is 26.7 Å². The van der Waals surface area contributed by atoms with E-state index in [0.29, 0.717) is 11.6 Å². The lowest BCUT2D eigenvalue weighted by Crippen LogP contribution is -2.44. The van der Waals surface area contributed by atoms with Crippen molar-refractivity contribution in [2.45, 2.75) is 0 Å². The lowest BCUT2D eigenvalue weighted by molar-refractivity contribution is 0.174. The van der Waals surface area contributed by atoms with Gasteiger partial charge in [-0.2, -0.15) is 5.10 Å². The largest absolute Gasteiger partial charge is 0.454 e. The molecule has 2 aliphatic heterocycles. The van der Waals surface area contributed by atoms with E-state index in [1.54, 1.807) is 17.4 Å². The van der Waals surface area contributed by atoms with Crippen molar-refractivity contribution in [1.82, 2.24) is 15.7 Å². The molecule has 0 unspecified atom stereocenters. The Morgan fingerprint density at radius 2 is 2.07 bits per heavy atom. The minimum atomic E-state index is 0.224. The fourth-order valence-corrected chi connectivity index (χ4v) is 3.45. The van der Waals surface area contributed by atoms with Crippen molar-refractivity contribution in [3.8, 4) is 11.5 Å². The Kier molecular flexibility index (Phi) is 5.54. The van der Waals surface area contributed by atoms with Crippen LogP contribution in [0.4, 0.5) is 11.5 Å². The molecule has 0 amide bonds. The van der Waals surface area contributed by atoms with E-state index in [9.17, 15) is 0 Å². The fraction of sp³-hybridized carbons (Fsp3) is 0.316. The summed E-state index contributed by atoms with van der Waals surface area (Å²) in [5, 5.41) is 7.81. The molecule has 1 aromatic heterocycles. The molecule has 8 nitrogen and oxygen atoms in total. The molecule has 0 aliphatic carbocycles. The zero-order valence-electron chi connectivity index (χ0n) is 15.6. The third-order valence-electron chi connectivity index (χ3n) is 4.59. The van der Waals surface area contributed by atoms with E-state index in [1.165, 1.54) is 0 Å². The van der Waals surface area contributed by atoms with E-state index in [1.807, 2.05) is 36.4 Å². The van der Waals surface area contributed by atoms with Gasteiger partial charge in [0.15, 0.2) is 17.3 Å². The molecule has 2 aromatic rings. The second-order valence-corrected chi connectivity index (χ2v) is 6.50. The van der Waals surface area contributed by atoms with Crippen LogP contribution in [0.2, 0.25) is 0 Å². The predicted molar refractivity (Wildman–Crippen MR) is 114 cm³/mol. The molecule has 3 heterocycles. The van der Waals surface area contributed by atoms with E-state index in [-0.39, 0.29) is 6.79 Å². The van der Waals surface area contributed by atoms with Crippen molar-refractivity contribution >= 4 is 35.1 Å². The summed E-state index contributed by atoms with van der Waals surface area (Å²) in [5.41, 5.74) is 5.96. The standard InChI is InChI=1S/C19H22N6O2S/c1-20-23-19(15-3-2-4-18(22-15)24-9-7-21-8-10-24)25(12-28)14-5-6-16-17(11-14)27-13-26-16/h2-6,11-12,20-21H,7-10,13H2,1H3/b23-19-. The van der Waals surface area contributed by atoms with Gasteiger partial charge in [-0.05, 0) is 24.3 Å². The smallest absolute Gasteiger partial charge is 0.231 e. The van der Waals surface area contributed by atoms with Gasteiger partial charge in [0.1, 0.15) is 11.5 Å². The summed E-state index contributed by atoms with van der Waals surface area (Å²) < 4.78 is 10.9. The molecule has 0 atom stereocenters. The van der Waals surface area contributed by atoms with Crippen LogP contribution in [0.3, 0.4) is 0 Å². The molecule has 9 heteroatoms. The second kappa shape index (κ2) is 8.41. The quantitative estimate of drug-likeness (QED) is 0.340. The summed E-state index contributed by atoms with van der Waals surface area (Å²) in [6.07, 6.45) is 0. The van der Waals surface area contributed by atoms with Gasteiger partial charge in [-0.15, -0.1) is 0 Å². The van der Waals surface area contributed by atoms with Crippen molar-refractivity contribution < 1.29 is 9.47 Å². The van der Waals surface area contributed by atoms with Gasteiger partial charge in [-0.1, -0.05) is 18.3 Å². The zero-order valence-corrected chi connectivity index (χ0v) is 16.4. The number of piperazine rings is 1. The number of hydrogen-bond acceptors (Lipinski definition) is 8. The Bertz CT molecular complexity index is 884. The zero-order chi connectivity index (χ0) is 19.3. The number of thiocarbonyl (C=S) groups is 1. The molecule has 0 spiro atoms. The summed E-state index contributed by atoms with van der Waals surface area (Å²) in [4.78, 5) is 8.91. The number of pyridine rings is 1. The first-order chi connectivity index (χ1) is 13.8. The van der Waals surface area contributed by atoms with Gasteiger partial charge in [0.05, 0.1) is 11.2 Å². The lowest BCUT2D eigenvalue weighted by atomic mass is 10.2. The summed E-state index contributed by atoms with van der Waals surface area (Å²) >= 11 is 5.31. The number of hydrazone groups is 1. The van der Waals surface area contributed by atoms with Crippen molar-refractivity contribution in [3.63, 3.8) is 0 Å². The third-order valence-corrected chi connectivity index (χ3v) is 4.80. The molecule has 4 rings (SSSR count). The number of anilines is 2. The SMILES string of the molecule is CN/N=C(/c1cccc(N2CCNCC2)n1)N(C=S)c1ccc2c(c1)OCO2. The van der Waals surface area contributed by atoms with E-state index >= 15 is 0 Å². The number of benzene rings is 1. The monoisotopic (exact) mass is 398 g/mol. The van der Waals surface area contributed by atoms with Gasteiger partial charge < -0.3 is 25.1 Å². The molecule has 2 aliphatic rings. The maximum atomic E-state index is 5.50. The van der Waals surface area contributed by atoms with Crippen LogP contribution in [-0.2, 0) is 0 Å². The molecule has 1 aromatic carbocycles. The highest BCUT2D eigenvalue weighted by atomic mass is 32.1. The van der Waals surface area contributed by atoms with Crippen molar-refractivity contribution in [2.24, 2.45) is 5.10 Å². The van der Waals surface area contributed by atoms with Gasteiger partial charge in [0.2, 0.25) is 6.79 Å². The maximum absolute atomic E-state index is 5.50. The van der Waals surface area contributed by atoms with Gasteiger partial charge in [0.25, 0.3) is 0 Å². The van der Waals surface area contributed by atoms with E-state index < -0.39 is 0 Å². The molecule has 0 bridgehead atoms. The van der Waals surface area contributed by atoms with Gasteiger partial charge >= 0.3 is 0 Å². The molecular weight excluding hydrogens is 376 g/mol. The summed E-state index contributed by atoms with van der Waals surface area (Å²) in [6.45, 7) is 3.98. The van der Waals surface area contributed by atoms with Crippen LogP contribution in [0.25, 0.3) is 0 Å². The average Bonchev–Trinajstić information content (AvgIpc) is 3.22. The third kappa shape index (κ3) is 3.71.